The highest BCUT2D eigenvalue weighted by Crippen LogP contribution is 2.28. The van der Waals surface area contributed by atoms with Gasteiger partial charge in [0.05, 0.1) is 36.8 Å². The number of urea groups is 1. The lowest BCUT2D eigenvalue weighted by atomic mass is 10.0. The first-order valence-electron chi connectivity index (χ1n) is 15.7. The molecule has 4 atom stereocenters. The lowest BCUT2D eigenvalue weighted by Crippen LogP contribution is -2.48. The SMILES string of the molecule is CC(C)NC(=O)Nc1ccc2c(c1)C(=O)N([C@H](C)CO)C[C@H](C)[C@@H](CN(C)C(=O)Cc1ccccc1)OCCCC[C@H](C)O2. The van der Waals surface area contributed by atoms with Gasteiger partial charge in [-0.3, -0.25) is 9.59 Å². The smallest absolute Gasteiger partial charge is 0.319 e. The van der Waals surface area contributed by atoms with E-state index in [-0.39, 0.29) is 55.2 Å². The van der Waals surface area contributed by atoms with Crippen molar-refractivity contribution in [3.63, 3.8) is 0 Å². The van der Waals surface area contributed by atoms with Crippen LogP contribution >= 0.6 is 0 Å². The Morgan fingerprint density at radius 2 is 1.82 bits per heavy atom. The van der Waals surface area contributed by atoms with Gasteiger partial charge in [-0.05, 0) is 70.7 Å². The van der Waals surface area contributed by atoms with Crippen molar-refractivity contribution in [2.45, 2.75) is 84.6 Å². The fourth-order valence-corrected chi connectivity index (χ4v) is 5.17. The first-order chi connectivity index (χ1) is 21.0. The predicted molar refractivity (Wildman–Crippen MR) is 172 cm³/mol. The maximum absolute atomic E-state index is 14.2. The second-order valence-electron chi connectivity index (χ2n) is 12.2. The number of hydrogen-bond acceptors (Lipinski definition) is 6. The van der Waals surface area contributed by atoms with E-state index in [0.717, 1.165) is 24.8 Å². The van der Waals surface area contributed by atoms with E-state index in [1.54, 1.807) is 42.0 Å². The van der Waals surface area contributed by atoms with Gasteiger partial charge >= 0.3 is 6.03 Å². The van der Waals surface area contributed by atoms with Crippen LogP contribution < -0.4 is 15.4 Å². The summed E-state index contributed by atoms with van der Waals surface area (Å²) in [5, 5.41) is 15.7. The van der Waals surface area contributed by atoms with Crippen LogP contribution in [0.2, 0.25) is 0 Å². The van der Waals surface area contributed by atoms with Crippen LogP contribution in [0.4, 0.5) is 10.5 Å². The Bertz CT molecular complexity index is 1220. The fraction of sp³-hybridized carbons (Fsp3) is 0.559. The molecule has 0 aromatic heterocycles. The zero-order chi connectivity index (χ0) is 32.2. The molecule has 0 fully saturated rings. The Kier molecular flexibility index (Phi) is 13.5. The number of hydrogen-bond donors (Lipinski definition) is 3. The number of aliphatic hydroxyl groups is 1. The molecular weight excluding hydrogens is 560 g/mol. The van der Waals surface area contributed by atoms with Crippen molar-refractivity contribution in [1.82, 2.24) is 15.1 Å². The monoisotopic (exact) mass is 610 g/mol. The van der Waals surface area contributed by atoms with Gasteiger partial charge in [0.1, 0.15) is 5.75 Å². The maximum atomic E-state index is 14.2. The van der Waals surface area contributed by atoms with Gasteiger partial charge < -0.3 is 35.0 Å². The molecule has 1 aliphatic heterocycles. The molecule has 0 bridgehead atoms. The van der Waals surface area contributed by atoms with E-state index in [9.17, 15) is 19.5 Å². The molecule has 2 aromatic rings. The average Bonchev–Trinajstić information content (AvgIpc) is 2.98. The maximum Gasteiger partial charge on any atom is 0.319 e. The summed E-state index contributed by atoms with van der Waals surface area (Å²) in [5.74, 6) is -0.0668. The van der Waals surface area contributed by atoms with E-state index in [1.165, 1.54) is 0 Å². The van der Waals surface area contributed by atoms with Crippen LogP contribution in [0.25, 0.3) is 0 Å². The van der Waals surface area contributed by atoms with Gasteiger partial charge in [0.2, 0.25) is 5.91 Å². The van der Waals surface area contributed by atoms with E-state index in [1.807, 2.05) is 58.0 Å². The Hall–Kier alpha value is -3.63. The molecule has 1 aliphatic rings. The molecule has 1 heterocycles. The number of nitrogens with one attached hydrogen (secondary N) is 2. The molecule has 0 spiro atoms. The molecule has 0 radical (unpaired) electrons. The number of rotatable bonds is 8. The Morgan fingerprint density at radius 1 is 1.09 bits per heavy atom. The molecule has 10 nitrogen and oxygen atoms in total. The molecule has 0 unspecified atom stereocenters. The van der Waals surface area contributed by atoms with Gasteiger partial charge in [-0.25, -0.2) is 4.79 Å². The number of amides is 4. The van der Waals surface area contributed by atoms with E-state index >= 15 is 0 Å². The fourth-order valence-electron chi connectivity index (χ4n) is 5.17. The summed E-state index contributed by atoms with van der Waals surface area (Å²) < 4.78 is 12.6. The third-order valence-corrected chi connectivity index (χ3v) is 7.81. The van der Waals surface area contributed by atoms with Gasteiger partial charge in [-0.15, -0.1) is 0 Å². The number of carbonyl (C=O) groups is 3. The summed E-state index contributed by atoms with van der Waals surface area (Å²) in [6.07, 6.45) is 2.27. The Morgan fingerprint density at radius 3 is 2.50 bits per heavy atom. The van der Waals surface area contributed by atoms with Crippen molar-refractivity contribution < 1.29 is 29.0 Å². The largest absolute Gasteiger partial charge is 0.490 e. The third kappa shape index (κ3) is 10.5. The standard InChI is InChI=1S/C34H50N4O6/c1-23(2)35-34(42)36-28-15-16-30-29(19-28)33(41)38(25(4)22-39)20-24(3)31(43-17-11-10-12-26(5)44-30)21-37(6)32(40)18-27-13-8-7-9-14-27/h7-9,13-16,19,23-26,31,39H,10-12,17-18,20-22H2,1-6H3,(H2,35,36,42)/t24-,25+,26-,31+/m0/s1. The van der Waals surface area contributed by atoms with Gasteiger partial charge in [0.15, 0.2) is 0 Å². The first kappa shape index (κ1) is 34.9. The summed E-state index contributed by atoms with van der Waals surface area (Å²) in [7, 11) is 1.78. The topological polar surface area (TPSA) is 120 Å². The Labute approximate surface area is 262 Å². The molecule has 3 rings (SSSR count). The highest BCUT2D eigenvalue weighted by Gasteiger charge is 2.31. The minimum absolute atomic E-state index is 0.00973. The van der Waals surface area contributed by atoms with Crippen LogP contribution in [-0.2, 0) is 16.0 Å². The third-order valence-electron chi connectivity index (χ3n) is 7.81. The number of ether oxygens (including phenoxy) is 2. The molecule has 2 aromatic carbocycles. The van der Waals surface area contributed by atoms with Gasteiger partial charge in [-0.1, -0.05) is 37.3 Å². The van der Waals surface area contributed by atoms with Crippen LogP contribution in [0.5, 0.6) is 5.75 Å². The summed E-state index contributed by atoms with van der Waals surface area (Å²) in [5.41, 5.74) is 1.71. The number of benzene rings is 2. The van der Waals surface area contributed by atoms with Crippen LogP contribution in [0.15, 0.2) is 48.5 Å². The highest BCUT2D eigenvalue weighted by atomic mass is 16.5. The molecule has 0 saturated heterocycles. The lowest BCUT2D eigenvalue weighted by Gasteiger charge is -2.36. The molecule has 0 saturated carbocycles. The number of likely N-dealkylation sites (N-methyl/N-ethyl adjacent to an activating group) is 1. The van der Waals surface area contributed by atoms with E-state index in [4.69, 9.17) is 9.47 Å². The lowest BCUT2D eigenvalue weighted by molar-refractivity contribution is -0.131. The van der Waals surface area contributed by atoms with Crippen LogP contribution in [0.1, 0.15) is 69.8 Å². The van der Waals surface area contributed by atoms with Crippen LogP contribution in [-0.4, -0.2) is 90.4 Å². The summed E-state index contributed by atoms with van der Waals surface area (Å²) >= 11 is 0. The van der Waals surface area contributed by atoms with Gasteiger partial charge in [0.25, 0.3) is 5.91 Å². The van der Waals surface area contributed by atoms with Crippen molar-refractivity contribution in [3.05, 3.63) is 59.7 Å². The van der Waals surface area contributed by atoms with Crippen LogP contribution in [0, 0.1) is 5.92 Å². The quantitative estimate of drug-likeness (QED) is 0.398. The zero-order valence-corrected chi connectivity index (χ0v) is 27.0. The zero-order valence-electron chi connectivity index (χ0n) is 27.0. The molecule has 44 heavy (non-hydrogen) atoms. The molecule has 4 amide bonds. The number of carbonyl (C=O) groups excluding carboxylic acids is 3. The van der Waals surface area contributed by atoms with Crippen molar-refractivity contribution in [3.8, 4) is 5.75 Å². The average molecular weight is 611 g/mol. The summed E-state index contributed by atoms with van der Waals surface area (Å²) in [6, 6.07) is 13.8. The van der Waals surface area contributed by atoms with Crippen molar-refractivity contribution in [1.29, 1.82) is 0 Å². The van der Waals surface area contributed by atoms with Gasteiger partial charge in [-0.2, -0.15) is 0 Å². The summed E-state index contributed by atoms with van der Waals surface area (Å²) in [6.45, 7) is 10.4. The normalized spacial score (nSPS) is 20.6. The Balaban J connectivity index is 1.89. The predicted octanol–water partition coefficient (Wildman–Crippen LogP) is 4.71. The molecule has 0 aliphatic carbocycles. The molecule has 242 valence electrons. The van der Waals surface area contributed by atoms with Crippen molar-refractivity contribution >= 4 is 23.5 Å². The molecule has 3 N–H and O–H groups in total. The number of anilines is 1. The van der Waals surface area contributed by atoms with E-state index in [0.29, 0.717) is 36.6 Å². The van der Waals surface area contributed by atoms with E-state index in [2.05, 4.69) is 10.6 Å². The minimum Gasteiger partial charge on any atom is -0.490 e. The van der Waals surface area contributed by atoms with Gasteiger partial charge in [0, 0.05) is 44.4 Å². The second-order valence-corrected chi connectivity index (χ2v) is 12.2. The number of nitrogens with zero attached hydrogens (tertiary/aromatic N) is 2. The second kappa shape index (κ2) is 17.0. The molecular formula is C34H50N4O6. The summed E-state index contributed by atoms with van der Waals surface area (Å²) in [4.78, 5) is 43.0. The van der Waals surface area contributed by atoms with E-state index < -0.39 is 6.04 Å². The highest BCUT2D eigenvalue weighted by molar-refractivity contribution is 5.99. The van der Waals surface area contributed by atoms with Crippen molar-refractivity contribution in [2.75, 3.05) is 38.7 Å². The first-order valence-corrected chi connectivity index (χ1v) is 15.7. The van der Waals surface area contributed by atoms with Crippen molar-refractivity contribution in [2.24, 2.45) is 5.92 Å². The number of aliphatic hydroxyl groups excluding tert-OH is 1. The minimum atomic E-state index is -0.498. The molecule has 10 heteroatoms. The number of fused-ring (bicyclic) bond motifs is 1. The van der Waals surface area contributed by atoms with Crippen LogP contribution in [0.3, 0.4) is 0 Å².